The lowest BCUT2D eigenvalue weighted by Crippen LogP contribution is -2.44. The van der Waals surface area contributed by atoms with Crippen molar-refractivity contribution in [2.45, 2.75) is 38.9 Å². The molecule has 0 aliphatic heterocycles. The Kier molecular flexibility index (Phi) is 5.37. The molecule has 0 saturated carbocycles. The van der Waals surface area contributed by atoms with E-state index in [0.717, 1.165) is 0 Å². The number of nitrogens with zero attached hydrogens (tertiary/aromatic N) is 2. The molecule has 0 spiro atoms. The number of anilines is 1. The first kappa shape index (κ1) is 17.5. The van der Waals surface area contributed by atoms with Gasteiger partial charge in [0.25, 0.3) is 0 Å². The number of alkyl halides is 6. The van der Waals surface area contributed by atoms with E-state index >= 15 is 0 Å². The van der Waals surface area contributed by atoms with Crippen molar-refractivity contribution < 1.29 is 31.1 Å². The van der Waals surface area contributed by atoms with Crippen molar-refractivity contribution in [2.75, 3.05) is 11.9 Å². The number of halogens is 6. The minimum absolute atomic E-state index is 0.260. The van der Waals surface area contributed by atoms with Gasteiger partial charge in [0, 0.05) is 18.3 Å². The number of hydrogen-bond acceptors (Lipinski definition) is 4. The first-order valence-electron chi connectivity index (χ1n) is 5.87. The Bertz CT molecular complexity index is 460. The third kappa shape index (κ3) is 5.37. The molecular formula is C11H13F6N3O. The van der Waals surface area contributed by atoms with Crippen molar-refractivity contribution in [3.63, 3.8) is 0 Å². The molecule has 1 aromatic rings. The van der Waals surface area contributed by atoms with Gasteiger partial charge in [0.1, 0.15) is 12.4 Å². The van der Waals surface area contributed by atoms with Crippen molar-refractivity contribution in [1.82, 2.24) is 9.97 Å². The fourth-order valence-corrected chi connectivity index (χ4v) is 1.50. The predicted molar refractivity (Wildman–Crippen MR) is 61.6 cm³/mol. The normalized spacial score (nSPS) is 12.8. The standard InChI is InChI=1S/C11H13F6N3O/c1-3-18-7-4-6(2)19-8(20-7)5-21-9(10(12,13)14)11(15,16)17/h4,9H,3,5H2,1-2H3,(H,18,19,20). The van der Waals surface area contributed by atoms with Crippen LogP contribution in [-0.4, -0.2) is 35.0 Å². The Labute approximate surface area is 116 Å². The van der Waals surface area contributed by atoms with Crippen LogP contribution in [0.4, 0.5) is 32.2 Å². The fourth-order valence-electron chi connectivity index (χ4n) is 1.50. The SMILES string of the molecule is CCNc1cc(C)nc(COC(C(F)(F)F)C(F)(F)F)n1. The van der Waals surface area contributed by atoms with Gasteiger partial charge in [-0.3, -0.25) is 0 Å². The van der Waals surface area contributed by atoms with E-state index in [-0.39, 0.29) is 5.82 Å². The maximum atomic E-state index is 12.3. The summed E-state index contributed by atoms with van der Waals surface area (Å²) in [6, 6.07) is 1.51. The monoisotopic (exact) mass is 317 g/mol. The largest absolute Gasteiger partial charge is 0.423 e. The van der Waals surface area contributed by atoms with Crippen LogP contribution in [0.15, 0.2) is 6.07 Å². The molecule has 0 aliphatic carbocycles. The average molecular weight is 317 g/mol. The summed E-state index contributed by atoms with van der Waals surface area (Å²) in [4.78, 5) is 7.52. The second-order valence-corrected chi connectivity index (χ2v) is 4.12. The zero-order chi connectivity index (χ0) is 16.3. The number of ether oxygens (including phenoxy) is 1. The summed E-state index contributed by atoms with van der Waals surface area (Å²) in [6.07, 6.45) is -15.0. The Hall–Kier alpha value is -1.58. The fraction of sp³-hybridized carbons (Fsp3) is 0.636. The van der Waals surface area contributed by atoms with Crippen molar-refractivity contribution in [1.29, 1.82) is 0 Å². The maximum Gasteiger partial charge on any atom is 0.423 e. The summed E-state index contributed by atoms with van der Waals surface area (Å²) in [5.74, 6) is 0.0450. The van der Waals surface area contributed by atoms with E-state index in [9.17, 15) is 26.3 Å². The molecule has 1 N–H and O–H groups in total. The minimum Gasteiger partial charge on any atom is -0.370 e. The van der Waals surface area contributed by atoms with Gasteiger partial charge in [-0.05, 0) is 13.8 Å². The van der Waals surface area contributed by atoms with E-state index in [1.807, 2.05) is 0 Å². The molecule has 120 valence electrons. The molecule has 1 aromatic heterocycles. The smallest absolute Gasteiger partial charge is 0.370 e. The van der Waals surface area contributed by atoms with E-state index in [0.29, 0.717) is 18.1 Å². The van der Waals surface area contributed by atoms with Gasteiger partial charge in [-0.15, -0.1) is 0 Å². The molecule has 0 aromatic carbocycles. The van der Waals surface area contributed by atoms with Gasteiger partial charge in [-0.1, -0.05) is 0 Å². The molecule has 21 heavy (non-hydrogen) atoms. The molecule has 0 amide bonds. The maximum absolute atomic E-state index is 12.3. The van der Waals surface area contributed by atoms with E-state index < -0.39 is 25.1 Å². The van der Waals surface area contributed by atoms with E-state index in [1.54, 1.807) is 6.92 Å². The minimum atomic E-state index is -5.55. The Morgan fingerprint density at radius 1 is 1.14 bits per heavy atom. The summed E-state index contributed by atoms with van der Waals surface area (Å²) in [5, 5.41) is 2.79. The van der Waals surface area contributed by atoms with Crippen molar-refractivity contribution in [3.8, 4) is 0 Å². The average Bonchev–Trinajstić information content (AvgIpc) is 2.24. The first-order chi connectivity index (χ1) is 9.54. The molecule has 0 fully saturated rings. The van der Waals surface area contributed by atoms with Crippen molar-refractivity contribution in [2.24, 2.45) is 0 Å². The lowest BCUT2D eigenvalue weighted by molar-refractivity contribution is -0.324. The Morgan fingerprint density at radius 3 is 2.19 bits per heavy atom. The quantitative estimate of drug-likeness (QED) is 0.847. The zero-order valence-electron chi connectivity index (χ0n) is 11.1. The molecular weight excluding hydrogens is 304 g/mol. The molecule has 0 atom stereocenters. The summed E-state index contributed by atoms with van der Waals surface area (Å²) in [6.45, 7) is 2.79. The van der Waals surface area contributed by atoms with Gasteiger partial charge in [-0.25, -0.2) is 9.97 Å². The summed E-state index contributed by atoms with van der Waals surface area (Å²) in [7, 11) is 0. The van der Waals surface area contributed by atoms with Crippen LogP contribution >= 0.6 is 0 Å². The summed E-state index contributed by atoms with van der Waals surface area (Å²) < 4.78 is 77.7. The zero-order valence-corrected chi connectivity index (χ0v) is 11.1. The van der Waals surface area contributed by atoms with Crippen LogP contribution in [0.5, 0.6) is 0 Å². The molecule has 0 saturated heterocycles. The van der Waals surface area contributed by atoms with Crippen molar-refractivity contribution >= 4 is 5.82 Å². The van der Waals surface area contributed by atoms with Crippen LogP contribution in [0.3, 0.4) is 0 Å². The van der Waals surface area contributed by atoms with E-state index in [4.69, 9.17) is 0 Å². The molecule has 0 aliphatic rings. The lowest BCUT2D eigenvalue weighted by Gasteiger charge is -2.22. The second kappa shape index (κ2) is 6.46. The lowest BCUT2D eigenvalue weighted by atomic mass is 10.3. The number of hydrogen-bond donors (Lipinski definition) is 1. The number of aromatic nitrogens is 2. The predicted octanol–water partition coefficient (Wildman–Crippen LogP) is 3.23. The number of nitrogens with one attached hydrogen (secondary N) is 1. The molecule has 10 heteroatoms. The third-order valence-electron chi connectivity index (χ3n) is 2.23. The Balaban J connectivity index is 2.86. The highest BCUT2D eigenvalue weighted by atomic mass is 19.4. The molecule has 0 unspecified atom stereocenters. The van der Waals surface area contributed by atoms with Crippen LogP contribution in [0.25, 0.3) is 0 Å². The van der Waals surface area contributed by atoms with Gasteiger partial charge in [0.15, 0.2) is 5.82 Å². The van der Waals surface area contributed by atoms with Crippen LogP contribution in [0, 0.1) is 6.92 Å². The summed E-state index contributed by atoms with van der Waals surface area (Å²) in [5.41, 5.74) is 0.398. The van der Waals surface area contributed by atoms with Crippen molar-refractivity contribution in [3.05, 3.63) is 17.6 Å². The van der Waals surface area contributed by atoms with Gasteiger partial charge in [-0.2, -0.15) is 26.3 Å². The first-order valence-corrected chi connectivity index (χ1v) is 5.87. The molecule has 0 radical (unpaired) electrons. The van der Waals surface area contributed by atoms with Gasteiger partial charge in [0.2, 0.25) is 6.10 Å². The molecule has 1 heterocycles. The summed E-state index contributed by atoms with van der Waals surface area (Å²) >= 11 is 0. The Morgan fingerprint density at radius 2 is 1.71 bits per heavy atom. The van der Waals surface area contributed by atoms with E-state index in [2.05, 4.69) is 20.0 Å². The highest BCUT2D eigenvalue weighted by Gasteiger charge is 2.58. The molecule has 4 nitrogen and oxygen atoms in total. The number of rotatable bonds is 5. The van der Waals surface area contributed by atoms with Gasteiger partial charge >= 0.3 is 12.4 Å². The number of aryl methyl sites for hydroxylation is 1. The highest BCUT2D eigenvalue weighted by molar-refractivity contribution is 5.35. The second-order valence-electron chi connectivity index (χ2n) is 4.12. The van der Waals surface area contributed by atoms with Crippen LogP contribution < -0.4 is 5.32 Å². The van der Waals surface area contributed by atoms with Gasteiger partial charge < -0.3 is 10.1 Å². The third-order valence-corrected chi connectivity index (χ3v) is 2.23. The van der Waals surface area contributed by atoms with Crippen LogP contribution in [0.2, 0.25) is 0 Å². The van der Waals surface area contributed by atoms with E-state index in [1.165, 1.54) is 13.0 Å². The molecule has 0 bridgehead atoms. The highest BCUT2D eigenvalue weighted by Crippen LogP contribution is 2.36. The van der Waals surface area contributed by atoms with Gasteiger partial charge in [0.05, 0.1) is 0 Å². The van der Waals surface area contributed by atoms with Crippen LogP contribution in [0.1, 0.15) is 18.4 Å². The molecule has 1 rings (SSSR count). The topological polar surface area (TPSA) is 47.0 Å². The van der Waals surface area contributed by atoms with Crippen LogP contribution in [-0.2, 0) is 11.3 Å².